The highest BCUT2D eigenvalue weighted by atomic mass is 16.1. The second-order valence-corrected chi connectivity index (χ2v) is 7.64. The van der Waals surface area contributed by atoms with Gasteiger partial charge in [0.05, 0.1) is 12.0 Å². The van der Waals surface area contributed by atoms with Crippen molar-refractivity contribution in [2.45, 2.75) is 5.54 Å². The van der Waals surface area contributed by atoms with Crippen LogP contribution in [-0.2, 0) is 5.54 Å². The highest BCUT2D eigenvalue weighted by molar-refractivity contribution is 5.84. The minimum atomic E-state index is -0.719. The van der Waals surface area contributed by atoms with Crippen molar-refractivity contribution in [2.24, 2.45) is 0 Å². The van der Waals surface area contributed by atoms with Crippen molar-refractivity contribution >= 4 is 6.29 Å². The number of nitrogens with zero attached hydrogens (tertiary/aromatic N) is 2. The van der Waals surface area contributed by atoms with Crippen LogP contribution in [0.2, 0.25) is 0 Å². The number of hydrogen-bond acceptors (Lipinski definition) is 2. The van der Waals surface area contributed by atoms with E-state index in [0.717, 1.165) is 34.2 Å². The first kappa shape index (κ1) is 19.7. The fraction of sp³-hybridized carbons (Fsp3) is 0.0345. The monoisotopic (exact) mass is 414 g/mol. The maximum Gasteiger partial charge on any atom is 0.170 e. The first-order chi connectivity index (χ1) is 15.9. The van der Waals surface area contributed by atoms with E-state index in [1.54, 1.807) is 6.33 Å². The predicted octanol–water partition coefficient (Wildman–Crippen LogP) is 6.20. The average Bonchev–Trinajstić information content (AvgIpc) is 3.31. The van der Waals surface area contributed by atoms with E-state index in [1.165, 1.54) is 0 Å². The molecule has 0 saturated carbocycles. The molecule has 5 aromatic rings. The van der Waals surface area contributed by atoms with E-state index >= 15 is 0 Å². The molecule has 154 valence electrons. The number of aldehydes is 1. The first-order valence-corrected chi connectivity index (χ1v) is 10.6. The molecule has 0 atom stereocenters. The summed E-state index contributed by atoms with van der Waals surface area (Å²) in [5.41, 5.74) is 4.70. The molecule has 0 N–H and O–H groups in total. The lowest BCUT2D eigenvalue weighted by atomic mass is 9.76. The van der Waals surface area contributed by atoms with E-state index in [2.05, 4.69) is 82.3 Å². The quantitative estimate of drug-likeness (QED) is 0.245. The summed E-state index contributed by atoms with van der Waals surface area (Å²) in [4.78, 5) is 16.6. The van der Waals surface area contributed by atoms with E-state index < -0.39 is 5.54 Å². The Morgan fingerprint density at radius 1 is 0.594 bits per heavy atom. The van der Waals surface area contributed by atoms with Crippen LogP contribution in [0.1, 0.15) is 27.2 Å². The summed E-state index contributed by atoms with van der Waals surface area (Å²) in [6.45, 7) is 0. The molecule has 0 bridgehead atoms. The minimum Gasteiger partial charge on any atom is -0.311 e. The molecule has 0 saturated heterocycles. The molecule has 0 aliphatic rings. The Labute approximate surface area is 187 Å². The van der Waals surface area contributed by atoms with Crippen LogP contribution in [0, 0.1) is 0 Å². The molecule has 5 rings (SSSR count). The van der Waals surface area contributed by atoms with Gasteiger partial charge in [-0.3, -0.25) is 4.79 Å². The SMILES string of the molecule is O=Cc1ncn(C(c2ccccc2)(c2ccccc2)c2ccccc2)c1-c1ccccc1. The fourth-order valence-corrected chi connectivity index (χ4v) is 4.54. The molecular formula is C29H22N2O. The van der Waals surface area contributed by atoms with Crippen molar-refractivity contribution in [1.82, 2.24) is 9.55 Å². The second kappa shape index (κ2) is 8.48. The number of rotatable bonds is 6. The molecule has 3 nitrogen and oxygen atoms in total. The van der Waals surface area contributed by atoms with Crippen molar-refractivity contribution in [3.05, 3.63) is 150 Å². The Morgan fingerprint density at radius 3 is 1.41 bits per heavy atom. The Kier molecular flexibility index (Phi) is 5.22. The topological polar surface area (TPSA) is 34.9 Å². The highest BCUT2D eigenvalue weighted by Crippen LogP contribution is 2.43. The van der Waals surface area contributed by atoms with Gasteiger partial charge in [-0.25, -0.2) is 4.98 Å². The third kappa shape index (κ3) is 3.15. The van der Waals surface area contributed by atoms with Crippen molar-refractivity contribution < 1.29 is 4.79 Å². The fourth-order valence-electron chi connectivity index (χ4n) is 4.54. The molecule has 0 unspecified atom stereocenters. The maximum absolute atomic E-state index is 12.1. The van der Waals surface area contributed by atoms with Crippen LogP contribution in [0.15, 0.2) is 128 Å². The summed E-state index contributed by atoms with van der Waals surface area (Å²) in [5, 5.41) is 0. The van der Waals surface area contributed by atoms with Gasteiger partial charge in [0.1, 0.15) is 11.2 Å². The summed E-state index contributed by atoms with van der Waals surface area (Å²) >= 11 is 0. The Morgan fingerprint density at radius 2 is 1.00 bits per heavy atom. The van der Waals surface area contributed by atoms with E-state index in [-0.39, 0.29) is 0 Å². The smallest absolute Gasteiger partial charge is 0.170 e. The summed E-state index contributed by atoms with van der Waals surface area (Å²) in [6, 6.07) is 41.2. The van der Waals surface area contributed by atoms with E-state index in [0.29, 0.717) is 5.69 Å². The standard InChI is InChI=1S/C29H22N2O/c32-21-27-28(23-13-5-1-6-14-23)31(22-30-27)29(24-15-7-2-8-16-24,25-17-9-3-10-18-25)26-19-11-4-12-20-26/h1-22H. The van der Waals surface area contributed by atoms with Gasteiger partial charge in [-0.15, -0.1) is 0 Å². The van der Waals surface area contributed by atoms with Crippen LogP contribution in [-0.4, -0.2) is 15.8 Å². The van der Waals surface area contributed by atoms with E-state index in [4.69, 9.17) is 0 Å². The molecule has 4 aromatic carbocycles. The van der Waals surface area contributed by atoms with Crippen LogP contribution in [0.4, 0.5) is 0 Å². The molecule has 0 spiro atoms. The van der Waals surface area contributed by atoms with Gasteiger partial charge in [-0.05, 0) is 16.7 Å². The maximum atomic E-state index is 12.1. The Hall–Kier alpha value is -4.24. The molecule has 1 aromatic heterocycles. The molecule has 3 heteroatoms. The van der Waals surface area contributed by atoms with Crippen molar-refractivity contribution in [1.29, 1.82) is 0 Å². The molecule has 0 amide bonds. The predicted molar refractivity (Wildman–Crippen MR) is 128 cm³/mol. The molecular weight excluding hydrogens is 392 g/mol. The second-order valence-electron chi connectivity index (χ2n) is 7.64. The van der Waals surface area contributed by atoms with Gasteiger partial charge in [0.25, 0.3) is 0 Å². The van der Waals surface area contributed by atoms with Gasteiger partial charge in [0.2, 0.25) is 0 Å². The zero-order valence-corrected chi connectivity index (χ0v) is 17.5. The third-order valence-corrected chi connectivity index (χ3v) is 5.89. The van der Waals surface area contributed by atoms with Crippen LogP contribution in [0.3, 0.4) is 0 Å². The van der Waals surface area contributed by atoms with Crippen LogP contribution in [0.25, 0.3) is 11.3 Å². The molecule has 0 fully saturated rings. The van der Waals surface area contributed by atoms with E-state index in [1.807, 2.05) is 48.5 Å². The number of carbonyl (C=O) groups is 1. The highest BCUT2D eigenvalue weighted by Gasteiger charge is 2.40. The number of hydrogen-bond donors (Lipinski definition) is 0. The van der Waals surface area contributed by atoms with E-state index in [9.17, 15) is 4.79 Å². The van der Waals surface area contributed by atoms with Crippen LogP contribution < -0.4 is 0 Å². The molecule has 1 heterocycles. The molecule has 0 aliphatic heterocycles. The van der Waals surface area contributed by atoms with Crippen LogP contribution >= 0.6 is 0 Å². The largest absolute Gasteiger partial charge is 0.311 e. The van der Waals surface area contributed by atoms with Crippen LogP contribution in [0.5, 0.6) is 0 Å². The van der Waals surface area contributed by atoms with Crippen molar-refractivity contribution in [3.63, 3.8) is 0 Å². The zero-order valence-electron chi connectivity index (χ0n) is 17.5. The van der Waals surface area contributed by atoms with Gasteiger partial charge < -0.3 is 4.57 Å². The number of carbonyl (C=O) groups excluding carboxylic acids is 1. The summed E-state index contributed by atoms with van der Waals surface area (Å²) in [6.07, 6.45) is 2.63. The van der Waals surface area contributed by atoms with Crippen molar-refractivity contribution in [3.8, 4) is 11.3 Å². The van der Waals surface area contributed by atoms with Gasteiger partial charge in [-0.2, -0.15) is 0 Å². The number of imidazole rings is 1. The molecule has 0 radical (unpaired) electrons. The first-order valence-electron chi connectivity index (χ1n) is 10.6. The normalized spacial score (nSPS) is 11.2. The Balaban J connectivity index is 1.96. The number of aromatic nitrogens is 2. The lowest BCUT2D eigenvalue weighted by molar-refractivity contribution is 0.112. The van der Waals surface area contributed by atoms with Gasteiger partial charge >= 0.3 is 0 Å². The van der Waals surface area contributed by atoms with Gasteiger partial charge in [-0.1, -0.05) is 121 Å². The summed E-state index contributed by atoms with van der Waals surface area (Å²) in [7, 11) is 0. The summed E-state index contributed by atoms with van der Waals surface area (Å²) < 4.78 is 2.14. The molecule has 32 heavy (non-hydrogen) atoms. The zero-order chi connectivity index (χ0) is 21.8. The number of benzene rings is 4. The lowest BCUT2D eigenvalue weighted by Crippen LogP contribution is -2.38. The average molecular weight is 415 g/mol. The van der Waals surface area contributed by atoms with Gasteiger partial charge in [0, 0.05) is 5.56 Å². The van der Waals surface area contributed by atoms with Gasteiger partial charge in [0.15, 0.2) is 6.29 Å². The molecule has 0 aliphatic carbocycles. The lowest BCUT2D eigenvalue weighted by Gasteiger charge is -2.38. The van der Waals surface area contributed by atoms with Crippen molar-refractivity contribution in [2.75, 3.05) is 0 Å². The summed E-state index contributed by atoms with van der Waals surface area (Å²) in [5.74, 6) is 0. The Bertz CT molecular complexity index is 1210. The minimum absolute atomic E-state index is 0.420. The third-order valence-electron chi connectivity index (χ3n) is 5.89.